The molecule has 115 valence electrons. The lowest BCUT2D eigenvalue weighted by molar-refractivity contribution is 0.782. The maximum atomic E-state index is 7.17. The molecule has 0 amide bonds. The van der Waals surface area contributed by atoms with Crippen molar-refractivity contribution in [2.24, 2.45) is 0 Å². The second kappa shape index (κ2) is 6.45. The summed E-state index contributed by atoms with van der Waals surface area (Å²) in [6, 6.07) is 0. The fourth-order valence-corrected chi connectivity index (χ4v) is 11.7. The molecule has 0 nitrogen and oxygen atoms in total. The van der Waals surface area contributed by atoms with E-state index >= 15 is 0 Å². The minimum absolute atomic E-state index is 0.120. The van der Waals surface area contributed by atoms with Crippen LogP contribution in [-0.2, 0) is 0 Å². The highest BCUT2D eigenvalue weighted by Crippen LogP contribution is 2.75. The van der Waals surface area contributed by atoms with Gasteiger partial charge in [-0.25, -0.2) is 0 Å². The van der Waals surface area contributed by atoms with E-state index in [0.717, 1.165) is 0 Å². The van der Waals surface area contributed by atoms with Gasteiger partial charge in [0.1, 0.15) is 0 Å². The van der Waals surface area contributed by atoms with Crippen molar-refractivity contribution in [3.8, 4) is 0 Å². The molecule has 2 atom stereocenters. The van der Waals surface area contributed by atoms with Crippen molar-refractivity contribution >= 4 is 29.1 Å². The smallest absolute Gasteiger partial charge is 0.0798 e. The van der Waals surface area contributed by atoms with Gasteiger partial charge in [0.2, 0.25) is 0 Å². The van der Waals surface area contributed by atoms with Crippen LogP contribution >= 0.6 is 14.8 Å². The minimum Gasteiger partial charge on any atom is -0.0798 e. The highest BCUT2D eigenvalue weighted by molar-refractivity contribution is 8.33. The second-order valence-electron chi connectivity index (χ2n) is 8.22. The van der Waals surface area contributed by atoms with Crippen LogP contribution in [-0.4, -0.2) is 35.9 Å². The van der Waals surface area contributed by atoms with E-state index in [1.165, 1.54) is 0 Å². The van der Waals surface area contributed by atoms with E-state index in [4.69, 9.17) is 7.57 Å². The Morgan fingerprint density at radius 1 is 0.864 bits per heavy atom. The molecule has 22 heavy (non-hydrogen) atoms. The topological polar surface area (TPSA) is 0 Å². The van der Waals surface area contributed by atoms with Crippen molar-refractivity contribution in [3.63, 3.8) is 0 Å². The normalized spacial score (nSPS) is 23.2. The summed E-state index contributed by atoms with van der Waals surface area (Å²) < 4.78 is 0. The van der Waals surface area contributed by atoms with Crippen LogP contribution in [0, 0.1) is 0 Å². The lowest BCUT2D eigenvalue weighted by atomic mass is 10.2. The highest BCUT2D eigenvalue weighted by Gasteiger charge is 2.54. The van der Waals surface area contributed by atoms with Gasteiger partial charge >= 0.3 is 14.3 Å². The molecule has 2 rings (SSSR count). The zero-order chi connectivity index (χ0) is 16.6. The van der Waals surface area contributed by atoms with E-state index in [9.17, 15) is 0 Å². The molecule has 4 heteroatoms. The van der Waals surface area contributed by atoms with Crippen molar-refractivity contribution in [1.29, 1.82) is 0 Å². The van der Waals surface area contributed by atoms with Crippen molar-refractivity contribution in [1.82, 2.24) is 0 Å². The average molecular weight is 328 g/mol. The first-order valence-corrected chi connectivity index (χ1v) is 11.5. The Morgan fingerprint density at radius 3 is 1.73 bits per heavy atom. The van der Waals surface area contributed by atoms with Crippen LogP contribution in [0.3, 0.4) is 0 Å². The fourth-order valence-electron chi connectivity index (χ4n) is 2.91. The molecular formula is C18H28B2P2+. The minimum atomic E-state index is -1.74. The predicted octanol–water partition coefficient (Wildman–Crippen LogP) is 5.69. The molecule has 2 aliphatic carbocycles. The SMILES string of the molecule is [B][P+]([B]P(C1C=CC=C1)C(C)(C)C)(C1C=CC=C1)C(C)(C)C. The van der Waals surface area contributed by atoms with E-state index in [2.05, 4.69) is 96.9 Å². The molecule has 0 spiro atoms. The Hall–Kier alpha value is -0.0501. The third-order valence-electron chi connectivity index (χ3n) is 4.52. The number of hydrogen-bond acceptors (Lipinski definition) is 0. The van der Waals surface area contributed by atoms with Gasteiger partial charge in [-0.05, 0) is 38.1 Å². The Bertz CT molecular complexity index is 496. The molecule has 2 aliphatic rings. The van der Waals surface area contributed by atoms with Crippen LogP contribution in [0.1, 0.15) is 41.5 Å². The molecule has 0 aliphatic heterocycles. The summed E-state index contributed by atoms with van der Waals surface area (Å²) in [5.41, 5.74) is 0.934. The van der Waals surface area contributed by atoms with Gasteiger partial charge < -0.3 is 0 Å². The summed E-state index contributed by atoms with van der Waals surface area (Å²) in [6.45, 7) is 16.7. The molecule has 0 fully saturated rings. The van der Waals surface area contributed by atoms with Crippen LogP contribution in [0.4, 0.5) is 0 Å². The fraction of sp³-hybridized carbons (Fsp3) is 0.556. The first-order chi connectivity index (χ1) is 10.1. The summed E-state index contributed by atoms with van der Waals surface area (Å²) >= 11 is 0. The molecule has 0 aromatic carbocycles. The van der Waals surface area contributed by atoms with Gasteiger partial charge in [-0.1, -0.05) is 72.0 Å². The van der Waals surface area contributed by atoms with Gasteiger partial charge in [-0.3, -0.25) is 0 Å². The van der Waals surface area contributed by atoms with Crippen LogP contribution in [0.2, 0.25) is 0 Å². The molecule has 0 aromatic heterocycles. The van der Waals surface area contributed by atoms with Crippen LogP contribution in [0.25, 0.3) is 0 Å². The van der Waals surface area contributed by atoms with Crippen molar-refractivity contribution in [2.45, 2.75) is 63.2 Å². The lowest BCUT2D eigenvalue weighted by Crippen LogP contribution is -2.34. The van der Waals surface area contributed by atoms with Crippen LogP contribution in [0.5, 0.6) is 0 Å². The van der Waals surface area contributed by atoms with Crippen LogP contribution < -0.4 is 0 Å². The summed E-state index contributed by atoms with van der Waals surface area (Å²) in [6.07, 6.45) is 18.0. The van der Waals surface area contributed by atoms with Crippen molar-refractivity contribution in [2.75, 3.05) is 0 Å². The van der Waals surface area contributed by atoms with Gasteiger partial charge in [0, 0.05) is 10.8 Å². The first-order valence-electron chi connectivity index (χ1n) is 8.07. The molecule has 0 bridgehead atoms. The Kier molecular flexibility index (Phi) is 5.36. The molecular weight excluding hydrogens is 300 g/mol. The lowest BCUT2D eigenvalue weighted by Gasteiger charge is -2.44. The highest BCUT2D eigenvalue weighted by atomic mass is 31.2. The van der Waals surface area contributed by atoms with Gasteiger partial charge in [-0.2, -0.15) is 0 Å². The third-order valence-corrected chi connectivity index (χ3v) is 13.2. The third kappa shape index (κ3) is 3.71. The molecule has 0 saturated heterocycles. The van der Waals surface area contributed by atoms with E-state index in [-0.39, 0.29) is 18.1 Å². The Balaban J connectivity index is 2.35. The maximum absolute atomic E-state index is 7.17. The standard InChI is InChI=1S/C18H28B2P2/c1-17(2,3)21(15-11-7-8-12-15)20-22(19,18(4,5)6)16-13-9-10-14-16/h7-16H,1-6H3/q+1. The predicted molar refractivity (Wildman–Crippen MR) is 109 cm³/mol. The molecule has 0 aromatic rings. The van der Waals surface area contributed by atoms with Gasteiger partial charge in [0.25, 0.3) is 0 Å². The Labute approximate surface area is 141 Å². The Morgan fingerprint density at radius 2 is 1.32 bits per heavy atom. The molecule has 3 radical (unpaired) electrons. The van der Waals surface area contributed by atoms with E-state index in [1.54, 1.807) is 0 Å². The number of rotatable bonds is 4. The monoisotopic (exact) mass is 328 g/mol. The zero-order valence-electron chi connectivity index (χ0n) is 14.8. The van der Waals surface area contributed by atoms with Gasteiger partial charge in [-0.15, -0.1) is 0 Å². The first kappa shape index (κ1) is 18.3. The quantitative estimate of drug-likeness (QED) is 0.459. The maximum Gasteiger partial charge on any atom is 0.372 e. The van der Waals surface area contributed by atoms with Gasteiger partial charge in [0.05, 0.1) is 5.66 Å². The summed E-state index contributed by atoms with van der Waals surface area (Å²) in [7, 11) is 5.11. The molecule has 0 saturated carbocycles. The average Bonchev–Trinajstić information content (AvgIpc) is 3.05. The molecule has 0 heterocycles. The summed E-state index contributed by atoms with van der Waals surface area (Å²) in [4.78, 5) is 0. The van der Waals surface area contributed by atoms with E-state index in [0.29, 0.717) is 11.3 Å². The van der Waals surface area contributed by atoms with E-state index in [1.807, 2.05) is 0 Å². The summed E-state index contributed by atoms with van der Waals surface area (Å²) in [5, 5.41) is 0.384. The van der Waals surface area contributed by atoms with Crippen molar-refractivity contribution < 1.29 is 0 Å². The van der Waals surface area contributed by atoms with E-state index < -0.39 is 7.02 Å². The number of allylic oxidation sites excluding steroid dienone is 8. The van der Waals surface area contributed by atoms with Gasteiger partial charge in [0.15, 0.2) is 0 Å². The largest absolute Gasteiger partial charge is 0.372 e. The molecule has 0 N–H and O–H groups in total. The molecule has 2 unspecified atom stereocenters. The van der Waals surface area contributed by atoms with Crippen molar-refractivity contribution in [3.05, 3.63) is 48.6 Å². The summed E-state index contributed by atoms with van der Waals surface area (Å²) in [5.74, 6) is 0. The zero-order valence-corrected chi connectivity index (χ0v) is 16.6. The van der Waals surface area contributed by atoms with Crippen LogP contribution in [0.15, 0.2) is 48.6 Å². The number of hydrogen-bond donors (Lipinski definition) is 0. The second-order valence-corrected chi connectivity index (χ2v) is 15.5.